The van der Waals surface area contributed by atoms with Crippen molar-refractivity contribution in [3.63, 3.8) is 0 Å². The SMILES string of the molecule is C=C(C)COc1ccc2oc(-c3ccc(OC)cc3)c(C(=O)Nc3ccccc3OCC)c2c1. The quantitative estimate of drug-likeness (QED) is 0.283. The smallest absolute Gasteiger partial charge is 0.260 e. The van der Waals surface area contributed by atoms with E-state index < -0.39 is 0 Å². The summed E-state index contributed by atoms with van der Waals surface area (Å²) < 4.78 is 22.9. The van der Waals surface area contributed by atoms with Gasteiger partial charge in [-0.15, -0.1) is 0 Å². The first-order valence-corrected chi connectivity index (χ1v) is 11.0. The number of methoxy groups -OCH3 is 1. The Balaban J connectivity index is 1.81. The molecule has 3 aromatic carbocycles. The molecule has 0 saturated heterocycles. The third kappa shape index (κ3) is 4.91. The number of hydrogen-bond donors (Lipinski definition) is 1. The third-order valence-corrected chi connectivity index (χ3v) is 5.16. The molecule has 0 spiro atoms. The molecule has 4 aromatic rings. The van der Waals surface area contributed by atoms with E-state index in [0.717, 1.165) is 11.1 Å². The number of hydrogen-bond acceptors (Lipinski definition) is 5. The number of ether oxygens (including phenoxy) is 3. The molecule has 0 atom stereocenters. The lowest BCUT2D eigenvalue weighted by Gasteiger charge is -2.12. The van der Waals surface area contributed by atoms with E-state index in [2.05, 4.69) is 11.9 Å². The summed E-state index contributed by atoms with van der Waals surface area (Å²) in [7, 11) is 1.61. The third-order valence-electron chi connectivity index (χ3n) is 5.16. The van der Waals surface area contributed by atoms with Gasteiger partial charge in [0.15, 0.2) is 0 Å². The van der Waals surface area contributed by atoms with Crippen molar-refractivity contribution in [3.8, 4) is 28.6 Å². The maximum Gasteiger partial charge on any atom is 0.260 e. The van der Waals surface area contributed by atoms with Crippen LogP contribution in [0.1, 0.15) is 24.2 Å². The highest BCUT2D eigenvalue weighted by molar-refractivity contribution is 6.17. The van der Waals surface area contributed by atoms with Gasteiger partial charge in [-0.1, -0.05) is 18.7 Å². The molecule has 0 bridgehead atoms. The van der Waals surface area contributed by atoms with Crippen LogP contribution in [0.2, 0.25) is 0 Å². The number of benzene rings is 3. The minimum atomic E-state index is -0.311. The Hall–Kier alpha value is -4.19. The monoisotopic (exact) mass is 457 g/mol. The lowest BCUT2D eigenvalue weighted by atomic mass is 10.0. The van der Waals surface area contributed by atoms with Crippen LogP contribution in [0.4, 0.5) is 5.69 Å². The second-order valence-corrected chi connectivity index (χ2v) is 7.82. The number of amides is 1. The number of rotatable bonds is 9. The second kappa shape index (κ2) is 10.2. The van der Waals surface area contributed by atoms with Gasteiger partial charge >= 0.3 is 0 Å². The Bertz CT molecular complexity index is 1320. The van der Waals surface area contributed by atoms with Crippen LogP contribution >= 0.6 is 0 Å². The first-order valence-electron chi connectivity index (χ1n) is 11.0. The zero-order valence-corrected chi connectivity index (χ0v) is 19.5. The standard InChI is InChI=1S/C28H27NO5/c1-5-32-25-9-7-6-8-23(25)29-28(30)26-22-16-21(33-17-18(2)3)14-15-24(22)34-27(26)19-10-12-20(31-4)13-11-19/h6-16H,2,5,17H2,1,3-4H3,(H,29,30). The largest absolute Gasteiger partial charge is 0.497 e. The number of para-hydroxylation sites is 2. The van der Waals surface area contributed by atoms with Crippen LogP contribution in [0.3, 0.4) is 0 Å². The minimum Gasteiger partial charge on any atom is -0.497 e. The normalized spacial score (nSPS) is 10.7. The molecule has 0 aliphatic rings. The molecular formula is C28H27NO5. The summed E-state index contributed by atoms with van der Waals surface area (Å²) in [5, 5.41) is 3.64. The average molecular weight is 458 g/mol. The summed E-state index contributed by atoms with van der Waals surface area (Å²) in [4.78, 5) is 13.6. The number of furan rings is 1. The fraction of sp³-hybridized carbons (Fsp3) is 0.179. The van der Waals surface area contributed by atoms with Crippen LogP contribution < -0.4 is 19.5 Å². The number of carbonyl (C=O) groups excluding carboxylic acids is 1. The summed E-state index contributed by atoms with van der Waals surface area (Å²) in [6.07, 6.45) is 0. The van der Waals surface area contributed by atoms with E-state index in [0.29, 0.717) is 58.4 Å². The Morgan fingerprint density at radius 1 is 1.00 bits per heavy atom. The van der Waals surface area contributed by atoms with Crippen LogP contribution in [0.5, 0.6) is 17.2 Å². The van der Waals surface area contributed by atoms with E-state index in [4.69, 9.17) is 18.6 Å². The summed E-state index contributed by atoms with van der Waals surface area (Å²) in [6.45, 7) is 8.55. The van der Waals surface area contributed by atoms with Crippen LogP contribution in [-0.2, 0) is 0 Å². The summed E-state index contributed by atoms with van der Waals surface area (Å²) >= 11 is 0. The molecule has 0 radical (unpaired) electrons. The Labute approximate surface area is 198 Å². The number of anilines is 1. The van der Waals surface area contributed by atoms with Gasteiger partial charge in [-0.3, -0.25) is 4.79 Å². The maximum atomic E-state index is 13.6. The molecule has 0 fully saturated rings. The van der Waals surface area contributed by atoms with Crippen LogP contribution in [0.15, 0.2) is 83.3 Å². The Morgan fingerprint density at radius 2 is 1.74 bits per heavy atom. The predicted molar refractivity (Wildman–Crippen MR) is 134 cm³/mol. The van der Waals surface area contributed by atoms with Crippen LogP contribution in [-0.4, -0.2) is 26.2 Å². The lowest BCUT2D eigenvalue weighted by molar-refractivity contribution is 0.102. The summed E-state index contributed by atoms with van der Waals surface area (Å²) in [5.41, 5.74) is 3.23. The highest BCUT2D eigenvalue weighted by Crippen LogP contribution is 2.37. The number of carbonyl (C=O) groups is 1. The molecule has 1 amide bonds. The van der Waals surface area contributed by atoms with E-state index in [9.17, 15) is 4.79 Å². The molecule has 174 valence electrons. The van der Waals surface area contributed by atoms with Gasteiger partial charge in [-0.2, -0.15) is 0 Å². The molecule has 0 aliphatic carbocycles. The van der Waals surface area contributed by atoms with Gasteiger partial charge in [0.1, 0.15) is 35.2 Å². The van der Waals surface area contributed by atoms with E-state index in [1.54, 1.807) is 19.2 Å². The van der Waals surface area contributed by atoms with Crippen molar-refractivity contribution in [3.05, 3.63) is 84.4 Å². The van der Waals surface area contributed by atoms with E-state index in [1.807, 2.05) is 68.4 Å². The zero-order valence-electron chi connectivity index (χ0n) is 19.5. The topological polar surface area (TPSA) is 69.9 Å². The Kier molecular flexibility index (Phi) is 6.87. The predicted octanol–water partition coefficient (Wildman–Crippen LogP) is 6.71. The average Bonchev–Trinajstić information content (AvgIpc) is 3.23. The van der Waals surface area contributed by atoms with Gasteiger partial charge in [-0.05, 0) is 74.0 Å². The van der Waals surface area contributed by atoms with E-state index in [1.165, 1.54) is 0 Å². The maximum absolute atomic E-state index is 13.6. The van der Waals surface area contributed by atoms with E-state index >= 15 is 0 Å². The van der Waals surface area contributed by atoms with Crippen molar-refractivity contribution in [2.45, 2.75) is 13.8 Å². The highest BCUT2D eigenvalue weighted by atomic mass is 16.5. The molecule has 34 heavy (non-hydrogen) atoms. The van der Waals surface area contributed by atoms with Gasteiger partial charge in [0.2, 0.25) is 0 Å². The molecule has 6 heteroatoms. The molecule has 1 heterocycles. The summed E-state index contributed by atoms with van der Waals surface area (Å²) in [6, 6.07) is 20.2. The fourth-order valence-corrected chi connectivity index (χ4v) is 3.58. The zero-order chi connectivity index (χ0) is 24.1. The Morgan fingerprint density at radius 3 is 2.44 bits per heavy atom. The number of fused-ring (bicyclic) bond motifs is 1. The molecule has 0 unspecified atom stereocenters. The molecule has 0 saturated carbocycles. The van der Waals surface area contributed by atoms with Crippen molar-refractivity contribution < 1.29 is 23.4 Å². The molecule has 6 nitrogen and oxygen atoms in total. The molecule has 4 rings (SSSR count). The molecule has 0 aliphatic heterocycles. The van der Waals surface area contributed by atoms with Crippen molar-refractivity contribution in [2.24, 2.45) is 0 Å². The van der Waals surface area contributed by atoms with Gasteiger partial charge in [0.25, 0.3) is 5.91 Å². The van der Waals surface area contributed by atoms with Crippen molar-refractivity contribution in [1.82, 2.24) is 0 Å². The van der Waals surface area contributed by atoms with Crippen molar-refractivity contribution in [1.29, 1.82) is 0 Å². The molecular weight excluding hydrogens is 430 g/mol. The van der Waals surface area contributed by atoms with Crippen LogP contribution in [0.25, 0.3) is 22.3 Å². The van der Waals surface area contributed by atoms with Gasteiger partial charge < -0.3 is 23.9 Å². The van der Waals surface area contributed by atoms with Crippen molar-refractivity contribution in [2.75, 3.05) is 25.6 Å². The number of nitrogens with one attached hydrogen (secondary N) is 1. The van der Waals surface area contributed by atoms with Crippen molar-refractivity contribution >= 4 is 22.6 Å². The summed E-state index contributed by atoms with van der Waals surface area (Å²) in [5.74, 6) is 2.09. The minimum absolute atomic E-state index is 0.311. The second-order valence-electron chi connectivity index (χ2n) is 7.82. The molecule has 1 aromatic heterocycles. The fourth-order valence-electron chi connectivity index (χ4n) is 3.58. The lowest BCUT2D eigenvalue weighted by Crippen LogP contribution is -2.13. The van der Waals surface area contributed by atoms with Gasteiger partial charge in [0, 0.05) is 10.9 Å². The molecule has 1 N–H and O–H groups in total. The first-order chi connectivity index (χ1) is 16.5. The van der Waals surface area contributed by atoms with Gasteiger partial charge in [0.05, 0.1) is 25.0 Å². The van der Waals surface area contributed by atoms with E-state index in [-0.39, 0.29) is 5.91 Å². The highest BCUT2D eigenvalue weighted by Gasteiger charge is 2.24. The van der Waals surface area contributed by atoms with Crippen LogP contribution in [0, 0.1) is 0 Å². The first kappa shape index (κ1) is 23.0. The van der Waals surface area contributed by atoms with Gasteiger partial charge in [-0.25, -0.2) is 0 Å².